The van der Waals surface area contributed by atoms with Crippen LogP contribution in [0.4, 0.5) is 0 Å². The molecule has 0 fully saturated rings. The summed E-state index contributed by atoms with van der Waals surface area (Å²) in [6, 6.07) is 0. The van der Waals surface area contributed by atoms with Gasteiger partial charge in [0.2, 0.25) is 0 Å². The van der Waals surface area contributed by atoms with E-state index in [1.807, 2.05) is 0 Å². The van der Waals surface area contributed by atoms with Crippen molar-refractivity contribution in [3.05, 3.63) is 35.5 Å². The topological polar surface area (TPSA) is 0 Å². The van der Waals surface area contributed by atoms with Crippen molar-refractivity contribution in [3.63, 3.8) is 0 Å². The molecule has 0 radical (unpaired) electrons. The molecule has 0 saturated carbocycles. The lowest BCUT2D eigenvalue weighted by atomic mass is 9.96. The van der Waals surface area contributed by atoms with E-state index in [0.717, 1.165) is 0 Å². The number of hydrogen-bond donors (Lipinski definition) is 0. The van der Waals surface area contributed by atoms with Crippen molar-refractivity contribution in [2.24, 2.45) is 0 Å². The Kier molecular flexibility index (Phi) is 4.59. The molecule has 0 aromatic heterocycles. The van der Waals surface area contributed by atoms with Crippen LogP contribution in [0.2, 0.25) is 0 Å². The molecule has 1 rings (SSSR count). The first-order chi connectivity index (χ1) is 6.36. The fraction of sp³-hybridized carbons (Fsp3) is 0.538. The Hall–Kier alpha value is -0.780. The molecule has 0 N–H and O–H groups in total. The van der Waals surface area contributed by atoms with Crippen molar-refractivity contribution in [2.45, 2.75) is 46.0 Å². The monoisotopic (exact) mass is 176 g/mol. The van der Waals surface area contributed by atoms with Crippen LogP contribution in [0, 0.1) is 0 Å². The molecule has 1 aliphatic carbocycles. The Morgan fingerprint density at radius 1 is 1.46 bits per heavy atom. The highest BCUT2D eigenvalue weighted by Crippen LogP contribution is 2.21. The average Bonchev–Trinajstić information content (AvgIpc) is 2.19. The molecule has 13 heavy (non-hydrogen) atoms. The van der Waals surface area contributed by atoms with Gasteiger partial charge in [-0.2, -0.15) is 0 Å². The molecular formula is C13H20. The van der Waals surface area contributed by atoms with Gasteiger partial charge >= 0.3 is 0 Å². The third-order valence-electron chi connectivity index (χ3n) is 2.50. The number of allylic oxidation sites excluding steroid dienone is 6. The summed E-state index contributed by atoms with van der Waals surface area (Å²) in [7, 11) is 0. The summed E-state index contributed by atoms with van der Waals surface area (Å²) in [6.45, 7) is 4.46. The van der Waals surface area contributed by atoms with E-state index in [2.05, 4.69) is 38.2 Å². The molecule has 0 unspecified atom stereocenters. The van der Waals surface area contributed by atoms with Crippen LogP contribution in [0.25, 0.3) is 0 Å². The Balaban J connectivity index is 2.50. The second kappa shape index (κ2) is 5.80. The molecule has 0 saturated heterocycles. The van der Waals surface area contributed by atoms with Crippen LogP contribution in [-0.4, -0.2) is 0 Å². The maximum atomic E-state index is 2.37. The van der Waals surface area contributed by atoms with Gasteiger partial charge in [0, 0.05) is 0 Å². The van der Waals surface area contributed by atoms with E-state index >= 15 is 0 Å². The van der Waals surface area contributed by atoms with Crippen LogP contribution in [-0.2, 0) is 0 Å². The summed E-state index contributed by atoms with van der Waals surface area (Å²) in [5, 5.41) is 0. The summed E-state index contributed by atoms with van der Waals surface area (Å²) in [4.78, 5) is 0. The normalized spacial score (nSPS) is 17.4. The molecule has 0 nitrogen and oxygen atoms in total. The van der Waals surface area contributed by atoms with E-state index in [9.17, 15) is 0 Å². The first kappa shape index (κ1) is 10.3. The largest absolute Gasteiger partial charge is 0.0853 e. The van der Waals surface area contributed by atoms with Crippen LogP contribution in [0.5, 0.6) is 0 Å². The van der Waals surface area contributed by atoms with Crippen molar-refractivity contribution < 1.29 is 0 Å². The van der Waals surface area contributed by atoms with Gasteiger partial charge in [-0.3, -0.25) is 0 Å². The third-order valence-corrected chi connectivity index (χ3v) is 2.50. The van der Waals surface area contributed by atoms with Crippen LogP contribution in [0.3, 0.4) is 0 Å². The van der Waals surface area contributed by atoms with Crippen molar-refractivity contribution in [2.75, 3.05) is 0 Å². The number of hydrogen-bond acceptors (Lipinski definition) is 0. The molecule has 0 atom stereocenters. The fourth-order valence-corrected chi connectivity index (χ4v) is 1.72. The van der Waals surface area contributed by atoms with Gasteiger partial charge < -0.3 is 0 Å². The molecule has 0 aromatic carbocycles. The van der Waals surface area contributed by atoms with E-state index in [4.69, 9.17) is 0 Å². The fourth-order valence-electron chi connectivity index (χ4n) is 1.72. The standard InChI is InChI=1S/C13H20/c1-3-8-12(4-2)11-13-9-6-5-7-10-13/h5-6,8-9H,3-4,7,10-11H2,1-2H3/b12-8+. The van der Waals surface area contributed by atoms with Crippen LogP contribution < -0.4 is 0 Å². The lowest BCUT2D eigenvalue weighted by Crippen LogP contribution is -1.90. The third kappa shape index (κ3) is 3.63. The van der Waals surface area contributed by atoms with Crippen molar-refractivity contribution in [1.82, 2.24) is 0 Å². The molecule has 0 heteroatoms. The highest BCUT2D eigenvalue weighted by Gasteiger charge is 2.01. The molecule has 0 amide bonds. The lowest BCUT2D eigenvalue weighted by Gasteiger charge is -2.10. The van der Waals surface area contributed by atoms with Gasteiger partial charge in [-0.25, -0.2) is 0 Å². The maximum absolute atomic E-state index is 2.37. The van der Waals surface area contributed by atoms with Gasteiger partial charge in [-0.05, 0) is 32.1 Å². The molecule has 0 aromatic rings. The molecule has 0 spiro atoms. The number of rotatable bonds is 4. The highest BCUT2D eigenvalue weighted by molar-refractivity contribution is 5.23. The predicted molar refractivity (Wildman–Crippen MR) is 59.7 cm³/mol. The van der Waals surface area contributed by atoms with Gasteiger partial charge in [-0.15, -0.1) is 0 Å². The molecule has 72 valence electrons. The zero-order valence-electron chi connectivity index (χ0n) is 8.84. The van der Waals surface area contributed by atoms with E-state index < -0.39 is 0 Å². The summed E-state index contributed by atoms with van der Waals surface area (Å²) in [5.74, 6) is 0. The quantitative estimate of drug-likeness (QED) is 0.557. The first-order valence-electron chi connectivity index (χ1n) is 5.39. The van der Waals surface area contributed by atoms with Crippen molar-refractivity contribution in [1.29, 1.82) is 0 Å². The van der Waals surface area contributed by atoms with Crippen LogP contribution in [0.15, 0.2) is 35.5 Å². The van der Waals surface area contributed by atoms with Crippen LogP contribution >= 0.6 is 0 Å². The summed E-state index contributed by atoms with van der Waals surface area (Å²) < 4.78 is 0. The van der Waals surface area contributed by atoms with Crippen molar-refractivity contribution in [3.8, 4) is 0 Å². The van der Waals surface area contributed by atoms with Gasteiger partial charge in [0.05, 0.1) is 0 Å². The van der Waals surface area contributed by atoms with E-state index in [-0.39, 0.29) is 0 Å². The minimum Gasteiger partial charge on any atom is -0.0853 e. The van der Waals surface area contributed by atoms with E-state index in [0.29, 0.717) is 0 Å². The first-order valence-corrected chi connectivity index (χ1v) is 5.39. The second-order valence-corrected chi connectivity index (χ2v) is 3.59. The lowest BCUT2D eigenvalue weighted by molar-refractivity contribution is 0.872. The maximum Gasteiger partial charge on any atom is -0.0105 e. The van der Waals surface area contributed by atoms with E-state index in [1.54, 1.807) is 11.1 Å². The summed E-state index contributed by atoms with van der Waals surface area (Å²) >= 11 is 0. The zero-order chi connectivity index (χ0) is 9.52. The zero-order valence-corrected chi connectivity index (χ0v) is 8.84. The Bertz CT molecular complexity index is 228. The minimum atomic E-state index is 1.17. The molecule has 0 bridgehead atoms. The second-order valence-electron chi connectivity index (χ2n) is 3.59. The Labute approximate surface area is 82.0 Å². The molecule has 0 heterocycles. The van der Waals surface area contributed by atoms with E-state index in [1.165, 1.54) is 32.1 Å². The summed E-state index contributed by atoms with van der Waals surface area (Å²) in [6.07, 6.45) is 15.2. The molecule has 1 aliphatic rings. The van der Waals surface area contributed by atoms with Crippen LogP contribution in [0.1, 0.15) is 46.0 Å². The smallest absolute Gasteiger partial charge is 0.0105 e. The summed E-state index contributed by atoms with van der Waals surface area (Å²) in [5.41, 5.74) is 3.20. The Morgan fingerprint density at radius 2 is 2.31 bits per heavy atom. The molecule has 0 aliphatic heterocycles. The average molecular weight is 176 g/mol. The molecular weight excluding hydrogens is 156 g/mol. The van der Waals surface area contributed by atoms with Crippen molar-refractivity contribution >= 4 is 0 Å². The minimum absolute atomic E-state index is 1.17. The van der Waals surface area contributed by atoms with Gasteiger partial charge in [0.25, 0.3) is 0 Å². The SMILES string of the molecule is CC/C=C(\CC)CC1=CC=CCC1. The van der Waals surface area contributed by atoms with Gasteiger partial charge in [0.15, 0.2) is 0 Å². The van der Waals surface area contributed by atoms with Gasteiger partial charge in [-0.1, -0.05) is 49.3 Å². The Morgan fingerprint density at radius 3 is 2.85 bits per heavy atom. The van der Waals surface area contributed by atoms with Gasteiger partial charge in [0.1, 0.15) is 0 Å². The predicted octanol–water partition coefficient (Wildman–Crippen LogP) is 4.40. The highest BCUT2D eigenvalue weighted by atomic mass is 14.1.